The van der Waals surface area contributed by atoms with E-state index in [-0.39, 0.29) is 17.4 Å². The summed E-state index contributed by atoms with van der Waals surface area (Å²) in [4.78, 5) is 22.9. The second-order valence-electron chi connectivity index (χ2n) is 6.20. The Morgan fingerprint density at radius 3 is 2.40 bits per heavy atom. The van der Waals surface area contributed by atoms with Gasteiger partial charge in [-0.25, -0.2) is 4.98 Å². The van der Waals surface area contributed by atoms with Gasteiger partial charge in [0.25, 0.3) is 5.91 Å². The lowest BCUT2D eigenvalue weighted by Crippen LogP contribution is -2.43. The quantitative estimate of drug-likeness (QED) is 0.843. The molecule has 106 valence electrons. The van der Waals surface area contributed by atoms with Gasteiger partial charge < -0.3 is 4.90 Å². The lowest BCUT2D eigenvalue weighted by molar-refractivity contribution is 0.0623. The Labute approximate surface area is 119 Å². The summed E-state index contributed by atoms with van der Waals surface area (Å²) in [5, 5.41) is 0. The van der Waals surface area contributed by atoms with Crippen LogP contribution in [0.15, 0.2) is 30.5 Å². The molecule has 1 heterocycles. The van der Waals surface area contributed by atoms with Crippen LogP contribution in [0.2, 0.25) is 0 Å². The number of hydrogen-bond donors (Lipinski definition) is 0. The van der Waals surface area contributed by atoms with E-state index in [1.165, 1.54) is 0 Å². The zero-order valence-corrected chi connectivity index (χ0v) is 12.7. The molecule has 0 aliphatic heterocycles. The summed E-state index contributed by atoms with van der Waals surface area (Å²) < 4.78 is 0. The first kappa shape index (κ1) is 14.4. The predicted octanol–water partition coefficient (Wildman–Crippen LogP) is 3.14. The summed E-state index contributed by atoms with van der Waals surface area (Å²) in [6, 6.07) is 7.67. The van der Waals surface area contributed by atoms with Gasteiger partial charge in [-0.15, -0.1) is 0 Å². The molecule has 1 aromatic carbocycles. The van der Waals surface area contributed by atoms with E-state index in [9.17, 15) is 4.79 Å². The number of rotatable bonds is 2. The van der Waals surface area contributed by atoms with E-state index in [4.69, 9.17) is 0 Å². The van der Waals surface area contributed by atoms with Gasteiger partial charge in [-0.1, -0.05) is 32.9 Å². The Morgan fingerprint density at radius 2 is 1.80 bits per heavy atom. The molecule has 0 aliphatic carbocycles. The van der Waals surface area contributed by atoms with Gasteiger partial charge >= 0.3 is 0 Å². The first-order valence-corrected chi connectivity index (χ1v) is 6.79. The molecule has 0 fully saturated rings. The molecule has 0 radical (unpaired) electrons. The van der Waals surface area contributed by atoms with Crippen molar-refractivity contribution in [3.8, 4) is 0 Å². The van der Waals surface area contributed by atoms with Gasteiger partial charge in [0.1, 0.15) is 5.69 Å². The fraction of sp³-hybridized carbons (Fsp3) is 0.438. The number of nitrogens with zero attached hydrogens (tertiary/aromatic N) is 3. The molecule has 1 aromatic heterocycles. The Hall–Kier alpha value is -1.97. The molecule has 1 amide bonds. The monoisotopic (exact) mass is 271 g/mol. The zero-order chi connectivity index (χ0) is 14.9. The third-order valence-electron chi connectivity index (χ3n) is 3.82. The molecule has 0 saturated carbocycles. The highest BCUT2D eigenvalue weighted by Gasteiger charge is 2.28. The first-order valence-electron chi connectivity index (χ1n) is 6.79. The third kappa shape index (κ3) is 2.79. The van der Waals surface area contributed by atoms with Crippen molar-refractivity contribution in [3.63, 3.8) is 0 Å². The van der Waals surface area contributed by atoms with Gasteiger partial charge in [0, 0.05) is 13.1 Å². The fourth-order valence-electron chi connectivity index (χ4n) is 2.00. The van der Waals surface area contributed by atoms with Crippen LogP contribution in [-0.4, -0.2) is 33.9 Å². The fourth-order valence-corrected chi connectivity index (χ4v) is 2.00. The smallest absolute Gasteiger partial charge is 0.274 e. The number of aromatic nitrogens is 2. The number of para-hydroxylation sites is 2. The number of carbonyl (C=O) groups excluding carboxylic acids is 1. The van der Waals surface area contributed by atoms with Crippen LogP contribution in [0.5, 0.6) is 0 Å². The number of fused-ring (bicyclic) bond motifs is 1. The normalized spacial score (nSPS) is 13.2. The van der Waals surface area contributed by atoms with E-state index in [1.807, 2.05) is 38.2 Å². The van der Waals surface area contributed by atoms with Crippen LogP contribution in [0.3, 0.4) is 0 Å². The topological polar surface area (TPSA) is 46.1 Å². The number of carbonyl (C=O) groups is 1. The van der Waals surface area contributed by atoms with Gasteiger partial charge in [-0.2, -0.15) is 0 Å². The maximum absolute atomic E-state index is 12.5. The summed E-state index contributed by atoms with van der Waals surface area (Å²) in [6.45, 7) is 8.40. The van der Waals surface area contributed by atoms with Gasteiger partial charge in [0.15, 0.2) is 0 Å². The lowest BCUT2D eigenvalue weighted by atomic mass is 9.87. The highest BCUT2D eigenvalue weighted by molar-refractivity contribution is 5.93. The third-order valence-corrected chi connectivity index (χ3v) is 3.82. The van der Waals surface area contributed by atoms with E-state index < -0.39 is 0 Å². The van der Waals surface area contributed by atoms with Crippen molar-refractivity contribution in [3.05, 3.63) is 36.2 Å². The average molecular weight is 271 g/mol. The van der Waals surface area contributed by atoms with Gasteiger partial charge in [-0.3, -0.25) is 9.78 Å². The number of hydrogen-bond acceptors (Lipinski definition) is 3. The highest BCUT2D eigenvalue weighted by Crippen LogP contribution is 2.24. The van der Waals surface area contributed by atoms with Crippen LogP contribution in [0.4, 0.5) is 0 Å². The van der Waals surface area contributed by atoms with Crippen molar-refractivity contribution in [2.24, 2.45) is 5.41 Å². The molecule has 0 saturated heterocycles. The number of benzene rings is 1. The largest absolute Gasteiger partial charge is 0.337 e. The van der Waals surface area contributed by atoms with E-state index in [0.717, 1.165) is 11.0 Å². The van der Waals surface area contributed by atoms with Crippen molar-refractivity contribution in [2.75, 3.05) is 7.05 Å². The minimum absolute atomic E-state index is 0.0225. The second kappa shape index (κ2) is 5.19. The molecular weight excluding hydrogens is 250 g/mol. The van der Waals surface area contributed by atoms with Crippen LogP contribution >= 0.6 is 0 Å². The van der Waals surface area contributed by atoms with Crippen LogP contribution in [0.25, 0.3) is 11.0 Å². The van der Waals surface area contributed by atoms with E-state index in [2.05, 4.69) is 30.7 Å². The molecule has 0 spiro atoms. The molecule has 0 aliphatic rings. The van der Waals surface area contributed by atoms with Crippen molar-refractivity contribution in [1.82, 2.24) is 14.9 Å². The number of amides is 1. The second-order valence-corrected chi connectivity index (χ2v) is 6.20. The summed E-state index contributed by atoms with van der Waals surface area (Å²) in [5.41, 5.74) is 1.96. The van der Waals surface area contributed by atoms with Gasteiger partial charge in [0.2, 0.25) is 0 Å². The van der Waals surface area contributed by atoms with Crippen molar-refractivity contribution >= 4 is 16.9 Å². The molecule has 1 unspecified atom stereocenters. The van der Waals surface area contributed by atoms with Crippen LogP contribution in [0, 0.1) is 5.41 Å². The standard InChI is InChI=1S/C16H21N3O/c1-11(16(2,3)4)19(5)15(20)14-10-17-12-8-6-7-9-13(12)18-14/h6-11H,1-5H3. The van der Waals surface area contributed by atoms with Crippen molar-refractivity contribution in [1.29, 1.82) is 0 Å². The molecule has 2 rings (SSSR count). The summed E-state index contributed by atoms with van der Waals surface area (Å²) in [6.07, 6.45) is 1.55. The Bertz CT molecular complexity index is 631. The minimum atomic E-state index is -0.0920. The van der Waals surface area contributed by atoms with Gasteiger partial charge in [-0.05, 0) is 24.5 Å². The first-order chi connectivity index (χ1) is 9.30. The molecule has 4 nitrogen and oxygen atoms in total. The molecular formula is C16H21N3O. The summed E-state index contributed by atoms with van der Waals surface area (Å²) in [7, 11) is 1.81. The predicted molar refractivity (Wildman–Crippen MR) is 80.5 cm³/mol. The molecule has 0 N–H and O–H groups in total. The maximum atomic E-state index is 12.5. The van der Waals surface area contributed by atoms with E-state index in [1.54, 1.807) is 11.1 Å². The molecule has 20 heavy (non-hydrogen) atoms. The summed E-state index contributed by atoms with van der Waals surface area (Å²) >= 11 is 0. The molecule has 4 heteroatoms. The van der Waals surface area contributed by atoms with E-state index in [0.29, 0.717) is 5.69 Å². The van der Waals surface area contributed by atoms with Crippen molar-refractivity contribution in [2.45, 2.75) is 33.7 Å². The Balaban J connectivity index is 2.31. The molecule has 1 atom stereocenters. The SMILES string of the molecule is CC(N(C)C(=O)c1cnc2ccccc2n1)C(C)(C)C. The average Bonchev–Trinajstić information content (AvgIpc) is 2.43. The van der Waals surface area contributed by atoms with E-state index >= 15 is 0 Å². The highest BCUT2D eigenvalue weighted by atomic mass is 16.2. The molecule has 0 bridgehead atoms. The Kier molecular flexibility index (Phi) is 3.75. The van der Waals surface area contributed by atoms with Gasteiger partial charge in [0.05, 0.1) is 17.2 Å². The maximum Gasteiger partial charge on any atom is 0.274 e. The minimum Gasteiger partial charge on any atom is -0.337 e. The van der Waals surface area contributed by atoms with Crippen LogP contribution in [0.1, 0.15) is 38.2 Å². The molecule has 2 aromatic rings. The zero-order valence-electron chi connectivity index (χ0n) is 12.7. The Morgan fingerprint density at radius 1 is 1.20 bits per heavy atom. The van der Waals surface area contributed by atoms with Crippen LogP contribution in [-0.2, 0) is 0 Å². The van der Waals surface area contributed by atoms with Crippen molar-refractivity contribution < 1.29 is 4.79 Å². The lowest BCUT2D eigenvalue weighted by Gasteiger charge is -2.35. The van der Waals surface area contributed by atoms with Crippen LogP contribution < -0.4 is 0 Å². The summed E-state index contributed by atoms with van der Waals surface area (Å²) in [5.74, 6) is -0.0920.